The van der Waals surface area contributed by atoms with Crippen molar-refractivity contribution in [2.24, 2.45) is 27.9 Å². The van der Waals surface area contributed by atoms with E-state index in [-0.39, 0.29) is 25.3 Å². The molecular formula is C23H33N9O6. The molecule has 3 atom stereocenters. The van der Waals surface area contributed by atoms with Crippen LogP contribution in [0.1, 0.15) is 24.8 Å². The molecule has 1 heterocycles. The zero-order chi connectivity index (χ0) is 28.2. The van der Waals surface area contributed by atoms with E-state index in [2.05, 4.69) is 25.9 Å². The number of primary amides is 1. The first kappa shape index (κ1) is 29.6. The lowest BCUT2D eigenvalue weighted by molar-refractivity contribution is -0.141. The summed E-state index contributed by atoms with van der Waals surface area (Å²) in [6.07, 6.45) is 1.71. The van der Waals surface area contributed by atoms with Gasteiger partial charge in [-0.05, 0) is 24.5 Å². The molecule has 0 spiro atoms. The fraction of sp³-hybridized carbons (Fsp3) is 0.391. The third-order valence-corrected chi connectivity index (χ3v) is 5.50. The van der Waals surface area contributed by atoms with Crippen molar-refractivity contribution in [3.63, 3.8) is 0 Å². The van der Waals surface area contributed by atoms with Gasteiger partial charge in [0.05, 0.1) is 19.0 Å². The minimum absolute atomic E-state index is 0.000460. The summed E-state index contributed by atoms with van der Waals surface area (Å²) in [5.41, 5.74) is 23.0. The molecule has 1 aromatic heterocycles. The van der Waals surface area contributed by atoms with Crippen LogP contribution < -0.4 is 38.9 Å². The highest BCUT2D eigenvalue weighted by Gasteiger charge is 2.27. The van der Waals surface area contributed by atoms with Gasteiger partial charge in [-0.1, -0.05) is 18.2 Å². The molecule has 2 rings (SSSR count). The summed E-state index contributed by atoms with van der Waals surface area (Å²) >= 11 is 0. The van der Waals surface area contributed by atoms with Crippen LogP contribution in [0.2, 0.25) is 0 Å². The average Bonchev–Trinajstić information content (AvgIpc) is 3.26. The van der Waals surface area contributed by atoms with Crippen molar-refractivity contribution in [3.05, 3.63) is 36.0 Å². The van der Waals surface area contributed by atoms with Crippen LogP contribution in [0.4, 0.5) is 0 Å². The molecule has 0 fully saturated rings. The van der Waals surface area contributed by atoms with Gasteiger partial charge in [-0.2, -0.15) is 0 Å². The summed E-state index contributed by atoms with van der Waals surface area (Å²) in [5.74, 6) is -4.61. The Morgan fingerprint density at radius 1 is 1.00 bits per heavy atom. The number of aromatic nitrogens is 1. The molecule has 4 amide bonds. The Labute approximate surface area is 217 Å². The summed E-state index contributed by atoms with van der Waals surface area (Å²) in [5, 5.41) is 17.4. The lowest BCUT2D eigenvalue weighted by Gasteiger charge is -2.20. The van der Waals surface area contributed by atoms with Gasteiger partial charge in [-0.25, -0.2) is 4.79 Å². The highest BCUT2D eigenvalue weighted by atomic mass is 16.4. The summed E-state index contributed by atoms with van der Waals surface area (Å²) < 4.78 is 0. The van der Waals surface area contributed by atoms with Gasteiger partial charge in [0, 0.05) is 30.1 Å². The molecule has 15 nitrogen and oxygen atoms in total. The van der Waals surface area contributed by atoms with E-state index in [1.807, 2.05) is 24.3 Å². The number of carbonyl (C=O) groups is 5. The minimum atomic E-state index is -1.39. The Morgan fingerprint density at radius 2 is 1.71 bits per heavy atom. The smallest absolute Gasteiger partial charge is 0.326 e. The van der Waals surface area contributed by atoms with Crippen molar-refractivity contribution in [1.82, 2.24) is 20.9 Å². The third-order valence-electron chi connectivity index (χ3n) is 5.50. The first-order chi connectivity index (χ1) is 18.0. The molecule has 0 saturated heterocycles. The lowest BCUT2D eigenvalue weighted by atomic mass is 10.0. The van der Waals surface area contributed by atoms with Crippen LogP contribution in [0, 0.1) is 0 Å². The van der Waals surface area contributed by atoms with E-state index in [1.54, 1.807) is 6.20 Å². The molecule has 206 valence electrons. The summed E-state index contributed by atoms with van der Waals surface area (Å²) in [7, 11) is 0. The standard InChI is InChI=1S/C23H33N9O6/c24-14(5-3-7-28-23(26)27)20(35)32-16(9-18(25)33)21(36)30-11-19(34)31-17(22(37)38)8-12-10-29-15-6-2-1-4-13(12)15/h1-2,4,6,10,14,16-17,29H,3,5,7-9,11,24H2,(H2,25,33)(H,30,36)(H,31,34)(H,32,35)(H,37,38)(H4,26,27,28). The average molecular weight is 532 g/mol. The predicted octanol–water partition coefficient (Wildman–Crippen LogP) is -2.86. The molecule has 38 heavy (non-hydrogen) atoms. The van der Waals surface area contributed by atoms with Crippen molar-refractivity contribution < 1.29 is 29.1 Å². The Bertz CT molecular complexity index is 1190. The Hall–Kier alpha value is -4.66. The van der Waals surface area contributed by atoms with Crippen LogP contribution in [-0.4, -0.2) is 76.9 Å². The first-order valence-corrected chi connectivity index (χ1v) is 11.7. The normalized spacial score (nSPS) is 13.1. The van der Waals surface area contributed by atoms with E-state index in [1.165, 1.54) is 0 Å². The Morgan fingerprint density at radius 3 is 2.37 bits per heavy atom. The number of hydrogen-bond acceptors (Lipinski definition) is 7. The van der Waals surface area contributed by atoms with Gasteiger partial charge in [0.15, 0.2) is 5.96 Å². The highest BCUT2D eigenvalue weighted by molar-refractivity contribution is 5.95. The second kappa shape index (κ2) is 14.2. The molecule has 15 heteroatoms. The molecule has 13 N–H and O–H groups in total. The molecule has 2 aromatic rings. The van der Waals surface area contributed by atoms with Crippen LogP contribution in [0.3, 0.4) is 0 Å². The Kier molecular flexibility index (Phi) is 11.0. The van der Waals surface area contributed by atoms with Crippen LogP contribution in [-0.2, 0) is 30.4 Å². The van der Waals surface area contributed by atoms with Gasteiger partial charge in [-0.3, -0.25) is 24.2 Å². The number of nitrogens with two attached hydrogens (primary N) is 4. The van der Waals surface area contributed by atoms with Crippen LogP contribution in [0.25, 0.3) is 10.9 Å². The zero-order valence-corrected chi connectivity index (χ0v) is 20.6. The van der Waals surface area contributed by atoms with E-state index >= 15 is 0 Å². The molecule has 0 aliphatic heterocycles. The van der Waals surface area contributed by atoms with Gasteiger partial charge in [0.2, 0.25) is 23.6 Å². The maximum Gasteiger partial charge on any atom is 0.326 e. The topological polar surface area (TPSA) is 274 Å². The maximum absolute atomic E-state index is 12.6. The maximum atomic E-state index is 12.6. The number of nitrogens with one attached hydrogen (secondary N) is 4. The number of fused-ring (bicyclic) bond motifs is 1. The van der Waals surface area contributed by atoms with Crippen molar-refractivity contribution in [3.8, 4) is 0 Å². The predicted molar refractivity (Wildman–Crippen MR) is 138 cm³/mol. The number of nitrogens with zero attached hydrogens (tertiary/aromatic N) is 1. The number of rotatable bonds is 15. The number of para-hydroxylation sites is 1. The summed E-state index contributed by atoms with van der Waals surface area (Å²) in [6, 6.07) is 3.63. The van der Waals surface area contributed by atoms with Crippen molar-refractivity contribution in [2.75, 3.05) is 13.1 Å². The largest absolute Gasteiger partial charge is 0.480 e. The molecule has 3 unspecified atom stereocenters. The molecule has 0 bridgehead atoms. The number of aliphatic imine (C=N–C) groups is 1. The third kappa shape index (κ3) is 9.42. The zero-order valence-electron chi connectivity index (χ0n) is 20.6. The van der Waals surface area contributed by atoms with Gasteiger partial charge in [0.1, 0.15) is 12.1 Å². The number of H-pyrrole nitrogens is 1. The molecule has 0 aliphatic carbocycles. The van der Waals surface area contributed by atoms with E-state index in [4.69, 9.17) is 22.9 Å². The van der Waals surface area contributed by atoms with Gasteiger partial charge in [-0.15, -0.1) is 0 Å². The first-order valence-electron chi connectivity index (χ1n) is 11.7. The number of carboxylic acid groups (broad SMARTS) is 1. The van der Waals surface area contributed by atoms with Gasteiger partial charge < -0.3 is 49.0 Å². The number of aromatic amines is 1. The quantitative estimate of drug-likeness (QED) is 0.0648. The van der Waals surface area contributed by atoms with Gasteiger partial charge in [0.25, 0.3) is 0 Å². The SMILES string of the molecule is NC(=O)CC(NC(=O)C(N)CCCN=C(N)N)C(=O)NCC(=O)NC(Cc1c[nH]c2ccccc12)C(=O)O. The number of guanidine groups is 1. The van der Waals surface area contributed by atoms with E-state index in [9.17, 15) is 29.1 Å². The van der Waals surface area contributed by atoms with Crippen LogP contribution in [0.5, 0.6) is 0 Å². The number of aliphatic carboxylic acids is 1. The summed E-state index contributed by atoms with van der Waals surface area (Å²) in [6.45, 7) is -0.354. The number of carbonyl (C=O) groups excluding carboxylic acids is 4. The van der Waals surface area contributed by atoms with Crippen LogP contribution in [0.15, 0.2) is 35.5 Å². The minimum Gasteiger partial charge on any atom is -0.480 e. The Balaban J connectivity index is 1.92. The van der Waals surface area contributed by atoms with E-state index < -0.39 is 60.7 Å². The lowest BCUT2D eigenvalue weighted by Crippen LogP contribution is -2.54. The van der Waals surface area contributed by atoms with Crippen molar-refractivity contribution in [1.29, 1.82) is 0 Å². The molecule has 0 radical (unpaired) electrons. The molecular weight excluding hydrogens is 498 g/mol. The molecule has 0 saturated carbocycles. The number of carboxylic acids is 1. The number of amides is 4. The monoisotopic (exact) mass is 531 g/mol. The second-order valence-corrected chi connectivity index (χ2v) is 8.53. The van der Waals surface area contributed by atoms with Crippen molar-refractivity contribution in [2.45, 2.75) is 43.8 Å². The number of benzene rings is 1. The molecule has 1 aromatic carbocycles. The fourth-order valence-electron chi connectivity index (χ4n) is 3.60. The number of hydrogen-bond donors (Lipinski definition) is 9. The van der Waals surface area contributed by atoms with Crippen LogP contribution >= 0.6 is 0 Å². The van der Waals surface area contributed by atoms with E-state index in [0.29, 0.717) is 12.0 Å². The summed E-state index contributed by atoms with van der Waals surface area (Å²) in [4.78, 5) is 67.3. The fourth-order valence-corrected chi connectivity index (χ4v) is 3.60. The van der Waals surface area contributed by atoms with Gasteiger partial charge >= 0.3 is 5.97 Å². The van der Waals surface area contributed by atoms with Crippen molar-refractivity contribution >= 4 is 46.5 Å². The second-order valence-electron chi connectivity index (χ2n) is 8.53. The molecule has 0 aliphatic rings. The van der Waals surface area contributed by atoms with E-state index in [0.717, 1.165) is 10.9 Å². The highest BCUT2D eigenvalue weighted by Crippen LogP contribution is 2.19.